The molecule has 2 rings (SSSR count). The van der Waals surface area contributed by atoms with Crippen molar-refractivity contribution in [3.05, 3.63) is 30.3 Å². The third kappa shape index (κ3) is 3.05. The van der Waals surface area contributed by atoms with Crippen molar-refractivity contribution in [2.45, 2.75) is 32.5 Å². The van der Waals surface area contributed by atoms with E-state index in [0.717, 1.165) is 6.42 Å². The van der Waals surface area contributed by atoms with Gasteiger partial charge in [0.15, 0.2) is 0 Å². The lowest BCUT2D eigenvalue weighted by molar-refractivity contribution is 0.0475. The third-order valence-electron chi connectivity index (χ3n) is 2.24. The quantitative estimate of drug-likeness (QED) is 0.759. The molecule has 1 aromatic carbocycles. The molecule has 1 saturated heterocycles. The Kier molecular flexibility index (Phi) is 3.65. The van der Waals surface area contributed by atoms with Gasteiger partial charge < -0.3 is 4.52 Å². The van der Waals surface area contributed by atoms with Gasteiger partial charge in [-0.05, 0) is 26.0 Å². The summed E-state index contributed by atoms with van der Waals surface area (Å²) in [4.78, 5) is 0. The van der Waals surface area contributed by atoms with Crippen molar-refractivity contribution in [1.82, 2.24) is 0 Å². The van der Waals surface area contributed by atoms with E-state index < -0.39 is 6.72 Å². The molecule has 1 aliphatic rings. The van der Waals surface area contributed by atoms with Crippen LogP contribution in [0, 0.1) is 0 Å². The van der Waals surface area contributed by atoms with Gasteiger partial charge in [0.1, 0.15) is 5.75 Å². The Bertz CT molecular complexity index is 381. The minimum atomic E-state index is -2.61. The molecule has 0 amide bonds. The van der Waals surface area contributed by atoms with Crippen LogP contribution in [0.25, 0.3) is 0 Å². The second-order valence-corrected chi connectivity index (χ2v) is 6.76. The van der Waals surface area contributed by atoms with E-state index in [4.69, 9.17) is 25.4 Å². The molecule has 16 heavy (non-hydrogen) atoms. The van der Waals surface area contributed by atoms with Crippen LogP contribution in [0.15, 0.2) is 30.3 Å². The molecule has 1 heterocycles. The number of hydrogen-bond donors (Lipinski definition) is 0. The molecule has 0 aromatic heterocycles. The maximum atomic E-state index is 5.67. The molecule has 1 aliphatic heterocycles. The molecule has 1 fully saturated rings. The first-order chi connectivity index (χ1) is 7.57. The van der Waals surface area contributed by atoms with Crippen LogP contribution in [0.1, 0.15) is 20.3 Å². The van der Waals surface area contributed by atoms with Gasteiger partial charge in [-0.25, -0.2) is 0 Å². The van der Waals surface area contributed by atoms with Gasteiger partial charge in [-0.15, -0.1) is 0 Å². The summed E-state index contributed by atoms with van der Waals surface area (Å²) in [7, 11) is 0. The zero-order chi connectivity index (χ0) is 11.6. The molecule has 3 nitrogen and oxygen atoms in total. The monoisotopic (exact) mass is 258 g/mol. The van der Waals surface area contributed by atoms with Crippen LogP contribution in [-0.4, -0.2) is 12.2 Å². The second-order valence-electron chi connectivity index (χ2n) is 3.92. The molecule has 88 valence electrons. The van der Waals surface area contributed by atoms with Crippen LogP contribution in [0.5, 0.6) is 5.75 Å². The van der Waals surface area contributed by atoms with Crippen molar-refractivity contribution >= 4 is 18.5 Å². The minimum Gasteiger partial charge on any atom is -0.424 e. The highest BCUT2D eigenvalue weighted by molar-refractivity contribution is 8.07. The van der Waals surface area contributed by atoms with Crippen molar-refractivity contribution in [2.75, 3.05) is 0 Å². The van der Waals surface area contributed by atoms with E-state index in [-0.39, 0.29) is 12.2 Å². The van der Waals surface area contributed by atoms with Gasteiger partial charge >= 0.3 is 6.72 Å². The zero-order valence-corrected chi connectivity index (χ0v) is 11.0. The molecule has 0 N–H and O–H groups in total. The summed E-state index contributed by atoms with van der Waals surface area (Å²) in [5.74, 6) is 0.701. The van der Waals surface area contributed by atoms with Crippen LogP contribution >= 0.6 is 6.72 Å². The van der Waals surface area contributed by atoms with Crippen LogP contribution in [0.4, 0.5) is 0 Å². The zero-order valence-electron chi connectivity index (χ0n) is 9.33. The molecule has 0 saturated carbocycles. The van der Waals surface area contributed by atoms with Gasteiger partial charge in [0.2, 0.25) is 0 Å². The summed E-state index contributed by atoms with van der Waals surface area (Å²) in [6.07, 6.45) is 1.05. The highest BCUT2D eigenvalue weighted by Crippen LogP contribution is 2.55. The first-order valence-electron chi connectivity index (χ1n) is 5.29. The lowest BCUT2D eigenvalue weighted by Gasteiger charge is -2.33. The van der Waals surface area contributed by atoms with E-state index in [1.807, 2.05) is 44.2 Å². The van der Waals surface area contributed by atoms with E-state index in [1.165, 1.54) is 0 Å². The lowest BCUT2D eigenvalue weighted by Crippen LogP contribution is -2.25. The summed E-state index contributed by atoms with van der Waals surface area (Å²) in [6.45, 7) is 1.37. The van der Waals surface area contributed by atoms with Gasteiger partial charge in [0, 0.05) is 18.2 Å². The van der Waals surface area contributed by atoms with Crippen molar-refractivity contribution in [1.29, 1.82) is 0 Å². The fraction of sp³-hybridized carbons (Fsp3) is 0.455. The second kappa shape index (κ2) is 4.84. The molecule has 0 bridgehead atoms. The van der Waals surface area contributed by atoms with Crippen molar-refractivity contribution in [3.8, 4) is 5.75 Å². The van der Waals surface area contributed by atoms with E-state index in [1.54, 1.807) is 0 Å². The average molecular weight is 258 g/mol. The predicted molar refractivity (Wildman–Crippen MR) is 67.1 cm³/mol. The Labute approximate surface area is 101 Å². The average Bonchev–Trinajstić information content (AvgIpc) is 2.15. The first kappa shape index (κ1) is 12.1. The Morgan fingerprint density at radius 2 is 1.75 bits per heavy atom. The topological polar surface area (TPSA) is 27.7 Å². The summed E-state index contributed by atoms with van der Waals surface area (Å²) < 4.78 is 16.9. The molecular weight excluding hydrogens is 243 g/mol. The Hall–Kier alpha value is -0.410. The number of para-hydroxylation sites is 1. The maximum absolute atomic E-state index is 5.67. The molecular formula is C11H15O3PS. The Morgan fingerprint density at radius 3 is 2.31 bits per heavy atom. The van der Waals surface area contributed by atoms with Gasteiger partial charge in [-0.2, -0.15) is 0 Å². The van der Waals surface area contributed by atoms with Gasteiger partial charge in [0.05, 0.1) is 12.2 Å². The molecule has 3 atom stereocenters. The predicted octanol–water partition coefficient (Wildman–Crippen LogP) is 3.50. The van der Waals surface area contributed by atoms with E-state index in [9.17, 15) is 0 Å². The summed E-state index contributed by atoms with van der Waals surface area (Å²) >= 11 is 5.33. The molecule has 1 unspecified atom stereocenters. The largest absolute Gasteiger partial charge is 0.424 e. The highest BCUT2D eigenvalue weighted by Gasteiger charge is 2.33. The summed E-state index contributed by atoms with van der Waals surface area (Å²) in [6, 6.07) is 9.42. The van der Waals surface area contributed by atoms with E-state index in [0.29, 0.717) is 5.75 Å². The van der Waals surface area contributed by atoms with Crippen molar-refractivity contribution in [2.24, 2.45) is 0 Å². The van der Waals surface area contributed by atoms with Crippen LogP contribution in [-0.2, 0) is 20.9 Å². The maximum Gasteiger partial charge on any atom is 0.381 e. The molecule has 0 aliphatic carbocycles. The smallest absolute Gasteiger partial charge is 0.381 e. The highest BCUT2D eigenvalue weighted by atomic mass is 32.5. The third-order valence-corrected chi connectivity index (χ3v) is 4.65. The SMILES string of the molecule is C[C@@H]1C[C@H](C)OP(=S)(Oc2ccccc2)O1. The normalized spacial score (nSPS) is 34.6. The van der Waals surface area contributed by atoms with Gasteiger partial charge in [0.25, 0.3) is 0 Å². The van der Waals surface area contributed by atoms with Gasteiger partial charge in [-0.1, -0.05) is 18.2 Å². The van der Waals surface area contributed by atoms with Crippen molar-refractivity contribution < 1.29 is 13.6 Å². The van der Waals surface area contributed by atoms with Crippen LogP contribution in [0.3, 0.4) is 0 Å². The minimum absolute atomic E-state index is 0.0956. The Morgan fingerprint density at radius 1 is 1.19 bits per heavy atom. The van der Waals surface area contributed by atoms with Crippen LogP contribution < -0.4 is 4.52 Å². The van der Waals surface area contributed by atoms with E-state index in [2.05, 4.69) is 0 Å². The fourth-order valence-corrected chi connectivity index (χ4v) is 4.38. The van der Waals surface area contributed by atoms with E-state index >= 15 is 0 Å². The lowest BCUT2D eigenvalue weighted by atomic mass is 10.2. The standard InChI is InChI=1S/C11H15O3PS/c1-9-8-10(2)13-15(16,12-9)14-11-6-4-3-5-7-11/h3-7,9-10H,8H2,1-2H3/t9-,10+,15?. The summed E-state index contributed by atoms with van der Waals surface area (Å²) in [5.41, 5.74) is 0. The van der Waals surface area contributed by atoms with Gasteiger partial charge in [-0.3, -0.25) is 9.05 Å². The molecule has 0 spiro atoms. The molecule has 1 aromatic rings. The number of rotatable bonds is 2. The van der Waals surface area contributed by atoms with Crippen molar-refractivity contribution in [3.63, 3.8) is 0 Å². The number of hydrogen-bond acceptors (Lipinski definition) is 4. The first-order valence-corrected chi connectivity index (χ1v) is 7.84. The number of benzene rings is 1. The summed E-state index contributed by atoms with van der Waals surface area (Å²) in [5, 5.41) is 0. The molecule has 0 radical (unpaired) electrons. The fourth-order valence-electron chi connectivity index (χ4n) is 1.67. The Balaban J connectivity index is 2.11. The molecule has 5 heteroatoms. The van der Waals surface area contributed by atoms with Crippen LogP contribution in [0.2, 0.25) is 0 Å².